The van der Waals surface area contributed by atoms with Gasteiger partial charge in [-0.15, -0.1) is 0 Å². The van der Waals surface area contributed by atoms with Crippen molar-refractivity contribution in [3.05, 3.63) is 35.1 Å². The molecule has 1 aromatic carbocycles. The zero-order chi connectivity index (χ0) is 12.3. The first kappa shape index (κ1) is 11.9. The van der Waals surface area contributed by atoms with Gasteiger partial charge >= 0.3 is 0 Å². The maximum absolute atomic E-state index is 5.22. The molecule has 0 radical (unpaired) electrons. The van der Waals surface area contributed by atoms with Crippen LogP contribution in [-0.4, -0.2) is 24.1 Å². The number of nitrogens with one attached hydrogen (secondary N) is 1. The molecule has 0 amide bonds. The van der Waals surface area contributed by atoms with Crippen molar-refractivity contribution in [1.82, 2.24) is 9.97 Å². The third kappa shape index (κ3) is 2.39. The summed E-state index contributed by atoms with van der Waals surface area (Å²) in [4.78, 5) is 8.58. The van der Waals surface area contributed by atoms with E-state index >= 15 is 0 Å². The van der Waals surface area contributed by atoms with Crippen molar-refractivity contribution in [3.8, 4) is 17.0 Å². The molecule has 0 bridgehead atoms. The Morgan fingerprint density at radius 2 is 2.00 bits per heavy atom. The third-order valence-electron chi connectivity index (χ3n) is 2.36. The number of benzene rings is 1. The van der Waals surface area contributed by atoms with Crippen molar-refractivity contribution in [2.75, 3.05) is 19.5 Å². The van der Waals surface area contributed by atoms with Gasteiger partial charge < -0.3 is 10.1 Å². The molecule has 0 spiro atoms. The standard InChI is InChI=1S/C12H12BrN3O/c1-14-12-11(15-5-6-16-12)9-7-8(17-2)3-4-10(9)13/h3-7H,1-2H3,(H,14,16). The van der Waals surface area contributed by atoms with Gasteiger partial charge in [0.25, 0.3) is 0 Å². The highest BCUT2D eigenvalue weighted by atomic mass is 79.9. The number of hydrogen-bond acceptors (Lipinski definition) is 4. The normalized spacial score (nSPS) is 10.1. The second-order valence-electron chi connectivity index (χ2n) is 3.35. The summed E-state index contributed by atoms with van der Waals surface area (Å²) in [6.07, 6.45) is 3.32. The molecular formula is C12H12BrN3O. The van der Waals surface area contributed by atoms with Crippen LogP contribution in [0.15, 0.2) is 35.1 Å². The predicted octanol–water partition coefficient (Wildman–Crippen LogP) is 2.96. The van der Waals surface area contributed by atoms with Crippen molar-refractivity contribution in [1.29, 1.82) is 0 Å². The largest absolute Gasteiger partial charge is 0.497 e. The van der Waals surface area contributed by atoms with E-state index in [0.717, 1.165) is 27.3 Å². The first-order chi connectivity index (χ1) is 8.26. The number of rotatable bonds is 3. The molecule has 2 rings (SSSR count). The van der Waals surface area contributed by atoms with E-state index in [9.17, 15) is 0 Å². The molecule has 1 heterocycles. The number of ether oxygens (including phenoxy) is 1. The van der Waals surface area contributed by atoms with E-state index in [2.05, 4.69) is 31.2 Å². The summed E-state index contributed by atoms with van der Waals surface area (Å²) in [6, 6.07) is 5.75. The Morgan fingerprint density at radius 3 is 2.71 bits per heavy atom. The van der Waals surface area contributed by atoms with E-state index in [1.54, 1.807) is 19.5 Å². The van der Waals surface area contributed by atoms with Gasteiger partial charge in [-0.05, 0) is 18.2 Å². The topological polar surface area (TPSA) is 47.0 Å². The van der Waals surface area contributed by atoms with Crippen LogP contribution >= 0.6 is 15.9 Å². The van der Waals surface area contributed by atoms with Crippen LogP contribution < -0.4 is 10.1 Å². The Hall–Kier alpha value is -1.62. The lowest BCUT2D eigenvalue weighted by Gasteiger charge is -2.09. The molecule has 2 aromatic rings. The highest BCUT2D eigenvalue weighted by Crippen LogP contribution is 2.33. The minimum Gasteiger partial charge on any atom is -0.497 e. The number of halogens is 1. The van der Waals surface area contributed by atoms with Crippen molar-refractivity contribution < 1.29 is 4.74 Å². The molecule has 0 saturated heterocycles. The smallest absolute Gasteiger partial charge is 0.152 e. The van der Waals surface area contributed by atoms with Crippen LogP contribution in [0.2, 0.25) is 0 Å². The van der Waals surface area contributed by atoms with Crippen molar-refractivity contribution in [3.63, 3.8) is 0 Å². The van der Waals surface area contributed by atoms with Gasteiger partial charge in [0.15, 0.2) is 5.82 Å². The van der Waals surface area contributed by atoms with Gasteiger partial charge in [-0.3, -0.25) is 4.98 Å². The molecule has 88 valence electrons. The molecular weight excluding hydrogens is 282 g/mol. The molecule has 17 heavy (non-hydrogen) atoms. The fraction of sp³-hybridized carbons (Fsp3) is 0.167. The van der Waals surface area contributed by atoms with Crippen LogP contribution in [0.25, 0.3) is 11.3 Å². The Morgan fingerprint density at radius 1 is 1.24 bits per heavy atom. The van der Waals surface area contributed by atoms with E-state index in [1.165, 1.54) is 0 Å². The molecule has 1 aromatic heterocycles. The summed E-state index contributed by atoms with van der Waals surface area (Å²) >= 11 is 3.51. The molecule has 0 atom stereocenters. The van der Waals surface area contributed by atoms with Crippen molar-refractivity contribution in [2.45, 2.75) is 0 Å². The average Bonchev–Trinajstić information content (AvgIpc) is 2.39. The Bertz CT molecular complexity index is 531. The average molecular weight is 294 g/mol. The van der Waals surface area contributed by atoms with Crippen LogP contribution in [0.3, 0.4) is 0 Å². The number of aromatic nitrogens is 2. The Labute approximate surface area is 108 Å². The van der Waals surface area contributed by atoms with E-state index < -0.39 is 0 Å². The van der Waals surface area contributed by atoms with E-state index in [4.69, 9.17) is 4.74 Å². The fourth-order valence-electron chi connectivity index (χ4n) is 1.53. The monoisotopic (exact) mass is 293 g/mol. The van der Waals surface area contributed by atoms with E-state index in [-0.39, 0.29) is 0 Å². The lowest BCUT2D eigenvalue weighted by Crippen LogP contribution is -1.98. The first-order valence-electron chi connectivity index (χ1n) is 5.09. The van der Waals surface area contributed by atoms with Crippen LogP contribution in [0.1, 0.15) is 0 Å². The zero-order valence-electron chi connectivity index (χ0n) is 9.57. The number of hydrogen-bond donors (Lipinski definition) is 1. The minimum absolute atomic E-state index is 0.737. The van der Waals surface area contributed by atoms with Gasteiger partial charge in [-0.1, -0.05) is 15.9 Å². The van der Waals surface area contributed by atoms with Crippen LogP contribution in [-0.2, 0) is 0 Å². The molecule has 0 fully saturated rings. The maximum atomic E-state index is 5.22. The highest BCUT2D eigenvalue weighted by Gasteiger charge is 2.11. The SMILES string of the molecule is CNc1nccnc1-c1cc(OC)ccc1Br. The predicted molar refractivity (Wildman–Crippen MR) is 71.3 cm³/mol. The lowest BCUT2D eigenvalue weighted by atomic mass is 10.1. The summed E-state index contributed by atoms with van der Waals surface area (Å²) in [5, 5.41) is 3.02. The fourth-order valence-corrected chi connectivity index (χ4v) is 1.97. The molecule has 0 unspecified atom stereocenters. The zero-order valence-corrected chi connectivity index (χ0v) is 11.2. The first-order valence-corrected chi connectivity index (χ1v) is 5.88. The third-order valence-corrected chi connectivity index (χ3v) is 3.06. The number of methoxy groups -OCH3 is 1. The molecule has 0 saturated carbocycles. The van der Waals surface area contributed by atoms with E-state index in [0.29, 0.717) is 0 Å². The second-order valence-corrected chi connectivity index (χ2v) is 4.20. The minimum atomic E-state index is 0.737. The molecule has 0 aliphatic heterocycles. The summed E-state index contributed by atoms with van der Waals surface area (Å²) in [5.41, 5.74) is 1.74. The molecule has 1 N–H and O–H groups in total. The quantitative estimate of drug-likeness (QED) is 0.945. The molecule has 0 aliphatic carbocycles. The summed E-state index contributed by atoms with van der Waals surface area (Å²) in [7, 11) is 3.46. The molecule has 5 heteroatoms. The number of nitrogens with zero attached hydrogens (tertiary/aromatic N) is 2. The highest BCUT2D eigenvalue weighted by molar-refractivity contribution is 9.10. The van der Waals surface area contributed by atoms with Gasteiger partial charge in [-0.25, -0.2) is 4.98 Å². The molecule has 4 nitrogen and oxygen atoms in total. The summed E-state index contributed by atoms with van der Waals surface area (Å²) < 4.78 is 6.17. The van der Waals surface area contributed by atoms with Crippen molar-refractivity contribution in [2.24, 2.45) is 0 Å². The summed E-state index contributed by atoms with van der Waals surface area (Å²) in [6.45, 7) is 0. The van der Waals surface area contributed by atoms with Gasteiger partial charge in [0.05, 0.1) is 7.11 Å². The lowest BCUT2D eigenvalue weighted by molar-refractivity contribution is 0.415. The van der Waals surface area contributed by atoms with Gasteiger partial charge in [0, 0.05) is 29.5 Å². The van der Waals surface area contributed by atoms with Crippen molar-refractivity contribution >= 4 is 21.7 Å². The van der Waals surface area contributed by atoms with Crippen LogP contribution in [0.4, 0.5) is 5.82 Å². The van der Waals surface area contributed by atoms with Gasteiger partial charge in [-0.2, -0.15) is 0 Å². The van der Waals surface area contributed by atoms with Gasteiger partial charge in [0.1, 0.15) is 11.4 Å². The van der Waals surface area contributed by atoms with Crippen LogP contribution in [0, 0.1) is 0 Å². The Kier molecular flexibility index (Phi) is 3.58. The van der Waals surface area contributed by atoms with Gasteiger partial charge in [0.2, 0.25) is 0 Å². The molecule has 0 aliphatic rings. The Balaban J connectivity index is 2.59. The number of anilines is 1. The summed E-state index contributed by atoms with van der Waals surface area (Å²) in [5.74, 6) is 1.53. The maximum Gasteiger partial charge on any atom is 0.152 e. The second kappa shape index (κ2) is 5.14. The van der Waals surface area contributed by atoms with E-state index in [1.807, 2.05) is 25.2 Å². The van der Waals surface area contributed by atoms with Crippen LogP contribution in [0.5, 0.6) is 5.75 Å².